The van der Waals surface area contributed by atoms with Gasteiger partial charge in [0.2, 0.25) is 0 Å². The molecule has 1 heterocycles. The highest BCUT2D eigenvalue weighted by atomic mass is 16.3. The van der Waals surface area contributed by atoms with Crippen molar-refractivity contribution in [2.75, 3.05) is 0 Å². The van der Waals surface area contributed by atoms with Gasteiger partial charge in [0.15, 0.2) is 5.78 Å². The monoisotopic (exact) mass is 300 g/mol. The van der Waals surface area contributed by atoms with Gasteiger partial charge in [-0.1, -0.05) is 13.8 Å². The van der Waals surface area contributed by atoms with Gasteiger partial charge in [0, 0.05) is 12.8 Å². The maximum Gasteiger partial charge on any atom is 0.328 e. The standard InChI is InChI=1S/C12H14N2O6.H2O/c1-11(2)3-5(15)7(6(16)4-11)12(20)8(17)13-10(19)14-9(12)18;/h15,20H,3-4H2,1-2H3,(H2,13,14,17,18,19);1H2. The van der Waals surface area contributed by atoms with Crippen LogP contribution in [0.3, 0.4) is 0 Å². The molecule has 2 aliphatic rings. The predicted octanol–water partition coefficient (Wildman–Crippen LogP) is -1.54. The Balaban J connectivity index is 0.00000220. The molecule has 6 N–H and O–H groups in total. The number of barbiturate groups is 1. The second-order valence-corrected chi connectivity index (χ2v) is 5.71. The van der Waals surface area contributed by atoms with E-state index in [4.69, 9.17) is 0 Å². The summed E-state index contributed by atoms with van der Waals surface area (Å²) < 4.78 is 0. The fourth-order valence-electron chi connectivity index (χ4n) is 2.45. The summed E-state index contributed by atoms with van der Waals surface area (Å²) in [5, 5.41) is 23.6. The Labute approximate surface area is 119 Å². The molecule has 9 nitrogen and oxygen atoms in total. The first-order valence-electron chi connectivity index (χ1n) is 5.93. The van der Waals surface area contributed by atoms with Crippen molar-refractivity contribution in [3.05, 3.63) is 11.3 Å². The summed E-state index contributed by atoms with van der Waals surface area (Å²) >= 11 is 0. The number of carbonyl (C=O) groups is 4. The Morgan fingerprint density at radius 2 is 1.48 bits per heavy atom. The predicted molar refractivity (Wildman–Crippen MR) is 67.9 cm³/mol. The molecular formula is C12H16N2O7. The summed E-state index contributed by atoms with van der Waals surface area (Å²) in [4.78, 5) is 46.6. The van der Waals surface area contributed by atoms with Crippen molar-refractivity contribution in [3.8, 4) is 0 Å². The number of urea groups is 1. The van der Waals surface area contributed by atoms with Gasteiger partial charge in [-0.25, -0.2) is 4.79 Å². The van der Waals surface area contributed by atoms with Gasteiger partial charge < -0.3 is 15.7 Å². The maximum atomic E-state index is 12.1. The van der Waals surface area contributed by atoms with Crippen LogP contribution in [0.25, 0.3) is 0 Å². The van der Waals surface area contributed by atoms with Crippen LogP contribution in [0.4, 0.5) is 4.79 Å². The number of imide groups is 2. The van der Waals surface area contributed by atoms with Crippen LogP contribution in [0.15, 0.2) is 11.3 Å². The van der Waals surface area contributed by atoms with Crippen molar-refractivity contribution in [1.29, 1.82) is 0 Å². The van der Waals surface area contributed by atoms with E-state index in [0.29, 0.717) is 0 Å². The molecule has 21 heavy (non-hydrogen) atoms. The summed E-state index contributed by atoms with van der Waals surface area (Å²) in [6.07, 6.45) is -0.00585. The largest absolute Gasteiger partial charge is 0.512 e. The Morgan fingerprint density at radius 3 is 1.90 bits per heavy atom. The molecule has 9 heteroatoms. The lowest BCUT2D eigenvalue weighted by Crippen LogP contribution is -2.68. The Morgan fingerprint density at radius 1 is 1.00 bits per heavy atom. The van der Waals surface area contributed by atoms with E-state index in [1.54, 1.807) is 24.5 Å². The van der Waals surface area contributed by atoms with Crippen LogP contribution >= 0.6 is 0 Å². The fraction of sp³-hybridized carbons (Fsp3) is 0.500. The van der Waals surface area contributed by atoms with E-state index in [1.807, 2.05) is 0 Å². The number of Topliss-reactive ketones (excluding diaryl/α,β-unsaturated/α-hetero) is 1. The summed E-state index contributed by atoms with van der Waals surface area (Å²) in [5.74, 6) is -3.92. The van der Waals surface area contributed by atoms with Crippen molar-refractivity contribution >= 4 is 23.6 Å². The molecular weight excluding hydrogens is 284 g/mol. The molecule has 0 aromatic carbocycles. The van der Waals surface area contributed by atoms with E-state index < -0.39 is 46.0 Å². The van der Waals surface area contributed by atoms with Gasteiger partial charge in [-0.2, -0.15) is 0 Å². The van der Waals surface area contributed by atoms with Crippen LogP contribution in [0.1, 0.15) is 26.7 Å². The zero-order valence-corrected chi connectivity index (χ0v) is 11.4. The van der Waals surface area contributed by atoms with E-state index in [9.17, 15) is 29.4 Å². The summed E-state index contributed by atoms with van der Waals surface area (Å²) in [6.45, 7) is 3.46. The van der Waals surface area contributed by atoms with E-state index in [1.165, 1.54) is 0 Å². The number of rotatable bonds is 1. The Kier molecular flexibility index (Phi) is 3.95. The normalized spacial score (nSPS) is 24.1. The molecule has 1 aliphatic carbocycles. The molecule has 0 spiro atoms. The molecule has 0 radical (unpaired) electrons. The van der Waals surface area contributed by atoms with E-state index in [2.05, 4.69) is 0 Å². The first-order valence-corrected chi connectivity index (χ1v) is 5.93. The number of aliphatic hydroxyl groups excluding tert-OH is 1. The minimum atomic E-state index is -2.88. The quantitative estimate of drug-likeness (QED) is 0.428. The first kappa shape index (κ1) is 16.8. The number of hydrogen-bond acceptors (Lipinski definition) is 6. The number of nitrogens with one attached hydrogen (secondary N) is 2. The van der Waals surface area contributed by atoms with Gasteiger partial charge in [-0.05, 0) is 5.41 Å². The SMILES string of the molecule is CC1(C)CC(=O)C(C2(O)C(=O)NC(=O)NC2=O)=C(O)C1.O. The van der Waals surface area contributed by atoms with E-state index in [-0.39, 0.29) is 18.3 Å². The number of ketones is 1. The summed E-state index contributed by atoms with van der Waals surface area (Å²) in [6, 6.07) is -1.09. The van der Waals surface area contributed by atoms with Crippen molar-refractivity contribution < 1.29 is 34.9 Å². The lowest BCUT2D eigenvalue weighted by molar-refractivity contribution is -0.153. The molecule has 4 amide bonds. The summed E-state index contributed by atoms with van der Waals surface area (Å²) in [5.41, 5.74) is -4.09. The maximum absolute atomic E-state index is 12.1. The Bertz CT molecular complexity index is 556. The van der Waals surface area contributed by atoms with Crippen LogP contribution in [-0.4, -0.2) is 44.9 Å². The van der Waals surface area contributed by atoms with Gasteiger partial charge >= 0.3 is 6.03 Å². The minimum Gasteiger partial charge on any atom is -0.512 e. The van der Waals surface area contributed by atoms with Gasteiger partial charge in [0.05, 0.1) is 5.57 Å². The number of allylic oxidation sites excluding steroid dienone is 1. The van der Waals surface area contributed by atoms with E-state index >= 15 is 0 Å². The molecule has 116 valence electrons. The van der Waals surface area contributed by atoms with Crippen LogP contribution in [0.2, 0.25) is 0 Å². The molecule has 1 fully saturated rings. The highest BCUT2D eigenvalue weighted by Gasteiger charge is 2.57. The minimum absolute atomic E-state index is 0. The number of hydrogen-bond donors (Lipinski definition) is 4. The molecule has 0 aromatic heterocycles. The Hall–Kier alpha value is -2.26. The first-order chi connectivity index (χ1) is 9.08. The van der Waals surface area contributed by atoms with Gasteiger partial charge in [0.1, 0.15) is 5.76 Å². The highest BCUT2D eigenvalue weighted by molar-refractivity contribution is 6.27. The topological polar surface area (TPSA) is 164 Å². The van der Waals surface area contributed by atoms with Crippen molar-refractivity contribution in [1.82, 2.24) is 10.6 Å². The highest BCUT2D eigenvalue weighted by Crippen LogP contribution is 2.39. The van der Waals surface area contributed by atoms with Gasteiger partial charge in [0.25, 0.3) is 17.4 Å². The zero-order valence-electron chi connectivity index (χ0n) is 11.4. The van der Waals surface area contributed by atoms with Crippen LogP contribution in [0, 0.1) is 5.41 Å². The average molecular weight is 300 g/mol. The molecule has 0 aromatic rings. The molecule has 1 saturated heterocycles. The molecule has 1 aliphatic heterocycles. The third-order valence-corrected chi connectivity index (χ3v) is 3.33. The fourth-order valence-corrected chi connectivity index (χ4v) is 2.45. The van der Waals surface area contributed by atoms with Crippen molar-refractivity contribution in [3.63, 3.8) is 0 Å². The van der Waals surface area contributed by atoms with Crippen molar-refractivity contribution in [2.24, 2.45) is 5.41 Å². The summed E-state index contributed by atoms with van der Waals surface area (Å²) in [7, 11) is 0. The van der Waals surface area contributed by atoms with Crippen molar-refractivity contribution in [2.45, 2.75) is 32.3 Å². The van der Waals surface area contributed by atoms with Gasteiger partial charge in [-0.15, -0.1) is 0 Å². The second kappa shape index (κ2) is 4.93. The van der Waals surface area contributed by atoms with Crippen LogP contribution in [0.5, 0.6) is 0 Å². The molecule has 2 rings (SSSR count). The number of aliphatic hydroxyl groups is 2. The van der Waals surface area contributed by atoms with Crippen LogP contribution < -0.4 is 10.6 Å². The van der Waals surface area contributed by atoms with Gasteiger partial charge in [-0.3, -0.25) is 25.0 Å². The molecule has 0 atom stereocenters. The average Bonchev–Trinajstić information content (AvgIpc) is 2.23. The molecule has 0 saturated carbocycles. The lowest BCUT2D eigenvalue weighted by Gasteiger charge is -2.36. The second-order valence-electron chi connectivity index (χ2n) is 5.71. The smallest absolute Gasteiger partial charge is 0.328 e. The number of carbonyl (C=O) groups excluding carboxylic acids is 4. The molecule has 0 unspecified atom stereocenters. The molecule has 0 bridgehead atoms. The third kappa shape index (κ3) is 2.52. The zero-order chi connectivity index (χ0) is 15.3. The lowest BCUT2D eigenvalue weighted by atomic mass is 9.72. The number of amides is 4. The van der Waals surface area contributed by atoms with E-state index in [0.717, 1.165) is 0 Å². The third-order valence-electron chi connectivity index (χ3n) is 3.33. The van der Waals surface area contributed by atoms with Crippen LogP contribution in [-0.2, 0) is 14.4 Å².